The van der Waals surface area contributed by atoms with Crippen molar-refractivity contribution < 1.29 is 40.4 Å². The Morgan fingerprint density at radius 3 is 1.57 bits per heavy atom. The summed E-state index contributed by atoms with van der Waals surface area (Å²) in [5, 5.41) is 0. The molecular weight excluding hydrogens is 238 g/mol. The van der Waals surface area contributed by atoms with Crippen molar-refractivity contribution in [1.82, 2.24) is 0 Å². The van der Waals surface area contributed by atoms with E-state index in [4.69, 9.17) is 0 Å². The van der Waals surface area contributed by atoms with E-state index < -0.39 is 33.9 Å². The molecule has 0 N–H and O–H groups in total. The molecule has 0 saturated heterocycles. The average Bonchev–Trinajstić information content (AvgIpc) is 2.11. The molecule has 0 unspecified atom stereocenters. The topological polar surface area (TPSA) is 44.8 Å². The second kappa shape index (κ2) is 6.28. The van der Waals surface area contributed by atoms with Gasteiger partial charge in [-0.05, 0) is 4.53 Å². The number of hydrogen-bond donors (Lipinski definition) is 0. The first-order valence-electron chi connectivity index (χ1n) is 3.15. The largest absolute Gasteiger partial charge is 0.506 e. The molecule has 0 aromatic heterocycles. The summed E-state index contributed by atoms with van der Waals surface area (Å²) in [5.41, 5.74) is 0. The van der Waals surface area contributed by atoms with E-state index in [1.807, 2.05) is 0 Å². The van der Waals surface area contributed by atoms with Gasteiger partial charge in [-0.1, -0.05) is 4.73 Å². The average molecular weight is 244 g/mol. The molecule has 0 aromatic rings. The quantitative estimate of drug-likeness (QED) is 0.510. The van der Waals surface area contributed by atoms with Gasteiger partial charge in [0.15, 0.2) is 0 Å². The molecule has 14 heavy (non-hydrogen) atoms. The van der Waals surface area contributed by atoms with Crippen LogP contribution in [0.1, 0.15) is 0 Å². The molecule has 0 aliphatic rings. The fourth-order valence-electron chi connectivity index (χ4n) is 0.372. The predicted octanol–water partition coefficient (Wildman–Crippen LogP) is 2.56. The van der Waals surface area contributed by atoms with Gasteiger partial charge in [-0.25, -0.2) is 22.1 Å². The maximum absolute atomic E-state index is 11.5. The Morgan fingerprint density at radius 1 is 1.00 bits per heavy atom. The highest BCUT2D eigenvalue weighted by atomic mass is 31.2. The van der Waals surface area contributed by atoms with Gasteiger partial charge in [0.25, 0.3) is 12.9 Å². The summed E-state index contributed by atoms with van der Waals surface area (Å²) in [6.07, 6.45) is -6.10. The van der Waals surface area contributed by atoms with Crippen LogP contribution in [0, 0.1) is 0 Å². The molecule has 0 spiro atoms. The molecule has 4 nitrogen and oxygen atoms in total. The first-order valence-corrected chi connectivity index (χ1v) is 4.61. The molecule has 86 valence electrons. The van der Waals surface area contributed by atoms with Crippen molar-refractivity contribution in [2.24, 2.45) is 0 Å². The fraction of sp³-hybridized carbons (Fsp3) is 1.00. The van der Waals surface area contributed by atoms with Crippen molar-refractivity contribution in [1.29, 1.82) is 0 Å². The Balaban J connectivity index is 3.98. The van der Waals surface area contributed by atoms with Gasteiger partial charge in [0.05, 0.1) is 0 Å². The maximum Gasteiger partial charge on any atom is 0.506 e. The molecule has 0 atom stereocenters. The first-order chi connectivity index (χ1) is 6.39. The van der Waals surface area contributed by atoms with Gasteiger partial charge in [0.1, 0.15) is 13.2 Å². The highest BCUT2D eigenvalue weighted by Gasteiger charge is 2.31. The molecule has 0 aromatic carbocycles. The van der Waals surface area contributed by atoms with Gasteiger partial charge in [-0.3, -0.25) is 9.05 Å². The molecule has 0 bridgehead atoms. The lowest BCUT2D eigenvalue weighted by Gasteiger charge is -2.12. The van der Waals surface area contributed by atoms with Crippen molar-refractivity contribution in [2.75, 3.05) is 13.2 Å². The Hall–Kier alpha value is -0.240. The molecule has 0 amide bonds. The van der Waals surface area contributed by atoms with E-state index >= 15 is 0 Å². The van der Waals surface area contributed by atoms with Crippen LogP contribution in [0.5, 0.6) is 0 Å². The van der Waals surface area contributed by atoms with Crippen molar-refractivity contribution in [2.45, 2.75) is 12.9 Å². The van der Waals surface area contributed by atoms with Crippen LogP contribution in [0.15, 0.2) is 0 Å². The smallest absolute Gasteiger partial charge is 0.279 e. The van der Waals surface area contributed by atoms with Crippen LogP contribution < -0.4 is 0 Å². The monoisotopic (exact) mass is 244 g/mol. The SMILES string of the molecule is O=P(OF)(OCC(F)F)OCC(F)F. The van der Waals surface area contributed by atoms with Gasteiger partial charge in [-0.2, -0.15) is 0 Å². The lowest BCUT2D eigenvalue weighted by Crippen LogP contribution is -2.08. The lowest BCUT2D eigenvalue weighted by molar-refractivity contribution is -0.0728. The van der Waals surface area contributed by atoms with Crippen LogP contribution in [-0.2, 0) is 18.3 Å². The third kappa shape index (κ3) is 6.25. The molecule has 0 radical (unpaired) electrons. The van der Waals surface area contributed by atoms with E-state index in [1.165, 1.54) is 0 Å². The van der Waals surface area contributed by atoms with Crippen LogP contribution >= 0.6 is 7.82 Å². The van der Waals surface area contributed by atoms with Crippen molar-refractivity contribution >= 4 is 7.82 Å². The molecule has 0 rings (SSSR count). The third-order valence-electron chi connectivity index (χ3n) is 0.802. The first kappa shape index (κ1) is 13.8. The second-order valence-corrected chi connectivity index (χ2v) is 3.44. The molecule has 0 aliphatic heterocycles. The van der Waals surface area contributed by atoms with Gasteiger partial charge in [0.2, 0.25) is 0 Å². The Bertz CT molecular complexity index is 184. The normalized spacial score (nSPS) is 12.8. The number of halogens is 5. The zero-order valence-electron chi connectivity index (χ0n) is 6.54. The maximum atomic E-state index is 11.5. The van der Waals surface area contributed by atoms with Crippen molar-refractivity contribution in [3.8, 4) is 0 Å². The van der Waals surface area contributed by atoms with Crippen LogP contribution in [-0.4, -0.2) is 26.1 Å². The van der Waals surface area contributed by atoms with Crippen LogP contribution in [0.25, 0.3) is 0 Å². The van der Waals surface area contributed by atoms with E-state index in [0.717, 1.165) is 0 Å². The number of phosphoric ester groups is 1. The van der Waals surface area contributed by atoms with E-state index in [1.54, 1.807) is 0 Å². The zero-order valence-corrected chi connectivity index (χ0v) is 7.43. The van der Waals surface area contributed by atoms with Crippen molar-refractivity contribution in [3.63, 3.8) is 0 Å². The number of alkyl halides is 4. The highest BCUT2D eigenvalue weighted by molar-refractivity contribution is 7.48. The van der Waals surface area contributed by atoms with E-state index in [9.17, 15) is 26.7 Å². The molecule has 0 saturated carbocycles. The van der Waals surface area contributed by atoms with E-state index in [2.05, 4.69) is 13.8 Å². The van der Waals surface area contributed by atoms with E-state index in [0.29, 0.717) is 0 Å². The Kier molecular flexibility index (Phi) is 6.17. The highest BCUT2D eigenvalue weighted by Crippen LogP contribution is 2.50. The Labute approximate surface area is 75.5 Å². The molecule has 0 aliphatic carbocycles. The van der Waals surface area contributed by atoms with E-state index in [-0.39, 0.29) is 0 Å². The molecular formula is C4H6F5O4P. The lowest BCUT2D eigenvalue weighted by atomic mass is 10.8. The zero-order chi connectivity index (χ0) is 11.2. The Morgan fingerprint density at radius 2 is 1.36 bits per heavy atom. The summed E-state index contributed by atoms with van der Waals surface area (Å²) in [6.45, 7) is -2.88. The summed E-state index contributed by atoms with van der Waals surface area (Å²) in [5.74, 6) is 0. The minimum absolute atomic E-state index is 1.44. The summed E-state index contributed by atoms with van der Waals surface area (Å²) in [4.78, 5) is 0. The summed E-state index contributed by atoms with van der Waals surface area (Å²) >= 11 is 0. The van der Waals surface area contributed by atoms with Crippen LogP contribution in [0.2, 0.25) is 0 Å². The summed E-state index contributed by atoms with van der Waals surface area (Å²) < 4.78 is 77.9. The predicted molar refractivity (Wildman–Crippen MR) is 33.7 cm³/mol. The van der Waals surface area contributed by atoms with Gasteiger partial charge >= 0.3 is 7.82 Å². The summed E-state index contributed by atoms with van der Waals surface area (Å²) in [7, 11) is -4.93. The number of hydrogen-bond acceptors (Lipinski definition) is 4. The minimum Gasteiger partial charge on any atom is -0.279 e. The third-order valence-corrected chi connectivity index (χ3v) is 1.90. The van der Waals surface area contributed by atoms with Crippen LogP contribution in [0.4, 0.5) is 22.1 Å². The van der Waals surface area contributed by atoms with Gasteiger partial charge in [-0.15, -0.1) is 0 Å². The minimum atomic E-state index is -4.93. The molecule has 10 heteroatoms. The van der Waals surface area contributed by atoms with Crippen molar-refractivity contribution in [3.05, 3.63) is 0 Å². The fourth-order valence-corrected chi connectivity index (χ4v) is 1.12. The molecule has 0 heterocycles. The van der Waals surface area contributed by atoms with Gasteiger partial charge < -0.3 is 0 Å². The summed E-state index contributed by atoms with van der Waals surface area (Å²) in [6, 6.07) is 0. The number of phosphoric acid groups is 1. The van der Waals surface area contributed by atoms with Gasteiger partial charge in [0, 0.05) is 0 Å². The van der Waals surface area contributed by atoms with Crippen LogP contribution in [0.3, 0.4) is 0 Å². The standard InChI is InChI=1S/C4H6F5O4P/c5-3(6)1-11-14(10,13-9)12-2-4(7)8/h3-4H,1-2H2. The second-order valence-electron chi connectivity index (χ2n) is 1.89. The molecule has 0 fully saturated rings. The number of rotatable bonds is 7.